The van der Waals surface area contributed by atoms with Crippen LogP contribution in [0.1, 0.15) is 26.2 Å². The molecule has 5 atom stereocenters. The van der Waals surface area contributed by atoms with Crippen molar-refractivity contribution < 1.29 is 9.53 Å². The molecule has 0 heterocycles. The minimum Gasteiger partial charge on any atom is -0.489 e. The van der Waals surface area contributed by atoms with Crippen LogP contribution in [0.15, 0.2) is 28.7 Å². The molecule has 0 saturated heterocycles. The number of amides is 1. The van der Waals surface area contributed by atoms with Gasteiger partial charge in [-0.1, -0.05) is 22.0 Å². The van der Waals surface area contributed by atoms with Crippen molar-refractivity contribution in [2.24, 2.45) is 23.5 Å². The van der Waals surface area contributed by atoms with Crippen LogP contribution in [0.5, 0.6) is 5.75 Å². The summed E-state index contributed by atoms with van der Waals surface area (Å²) >= 11 is 3.42. The molecule has 0 aromatic heterocycles. The van der Waals surface area contributed by atoms with Crippen molar-refractivity contribution in [3.8, 4) is 5.75 Å². The standard InChI is InChI=1S/C17H23BrN2O2.ClH/c1-10(22-14-4-2-3-13(18)8-14)9-20-17(21)15-11-5-6-12(7-11)16(15)19;/h2-4,8,10-12,15-16H,5-7,9,19H2,1H3,(H,20,21);1H. The van der Waals surface area contributed by atoms with Gasteiger partial charge in [-0.25, -0.2) is 0 Å². The SMILES string of the molecule is CC(CNC(=O)C1C2CCC(C2)C1N)Oc1cccc(Br)c1.Cl. The van der Waals surface area contributed by atoms with Crippen molar-refractivity contribution in [3.05, 3.63) is 28.7 Å². The van der Waals surface area contributed by atoms with Gasteiger partial charge in [0.25, 0.3) is 0 Å². The molecule has 5 unspecified atom stereocenters. The highest BCUT2D eigenvalue weighted by Gasteiger charge is 2.48. The van der Waals surface area contributed by atoms with Crippen LogP contribution in [0.4, 0.5) is 0 Å². The van der Waals surface area contributed by atoms with Crippen LogP contribution in [-0.4, -0.2) is 24.6 Å². The van der Waals surface area contributed by atoms with Crippen LogP contribution in [0, 0.1) is 17.8 Å². The van der Waals surface area contributed by atoms with E-state index in [9.17, 15) is 4.79 Å². The molecule has 128 valence electrons. The number of hydrogen-bond donors (Lipinski definition) is 2. The average Bonchev–Trinajstić information content (AvgIpc) is 3.05. The molecule has 0 radical (unpaired) electrons. The van der Waals surface area contributed by atoms with Crippen LogP contribution in [-0.2, 0) is 4.79 Å². The van der Waals surface area contributed by atoms with Gasteiger partial charge in [0.05, 0.1) is 12.5 Å². The number of carbonyl (C=O) groups excluding carboxylic acids is 1. The lowest BCUT2D eigenvalue weighted by Gasteiger charge is -2.27. The molecular formula is C17H24BrClN2O2. The van der Waals surface area contributed by atoms with Crippen molar-refractivity contribution in [2.45, 2.75) is 38.3 Å². The van der Waals surface area contributed by atoms with Crippen molar-refractivity contribution in [1.29, 1.82) is 0 Å². The largest absolute Gasteiger partial charge is 0.489 e. The predicted octanol–water partition coefficient (Wildman–Crippen LogP) is 3.13. The fourth-order valence-electron chi connectivity index (χ4n) is 3.90. The molecule has 2 aliphatic rings. The number of carbonyl (C=O) groups is 1. The minimum atomic E-state index is -0.0759. The number of nitrogens with one attached hydrogen (secondary N) is 1. The lowest BCUT2D eigenvalue weighted by molar-refractivity contribution is -0.127. The van der Waals surface area contributed by atoms with Gasteiger partial charge in [0, 0.05) is 10.5 Å². The molecule has 1 aromatic carbocycles. The maximum absolute atomic E-state index is 12.4. The van der Waals surface area contributed by atoms with Crippen molar-refractivity contribution >= 4 is 34.2 Å². The number of benzene rings is 1. The molecule has 2 fully saturated rings. The van der Waals surface area contributed by atoms with E-state index in [2.05, 4.69) is 21.2 Å². The highest BCUT2D eigenvalue weighted by molar-refractivity contribution is 9.10. The Bertz CT molecular complexity index is 555. The molecule has 23 heavy (non-hydrogen) atoms. The first-order chi connectivity index (χ1) is 10.5. The van der Waals surface area contributed by atoms with E-state index in [0.29, 0.717) is 18.4 Å². The van der Waals surface area contributed by atoms with Crippen LogP contribution >= 0.6 is 28.3 Å². The van der Waals surface area contributed by atoms with E-state index in [1.54, 1.807) is 0 Å². The summed E-state index contributed by atoms with van der Waals surface area (Å²) in [5, 5.41) is 3.02. The molecule has 3 rings (SSSR count). The molecule has 2 aliphatic carbocycles. The Kier molecular flexibility index (Phi) is 6.34. The fourth-order valence-corrected chi connectivity index (χ4v) is 4.28. The third kappa shape index (κ3) is 4.20. The van der Waals surface area contributed by atoms with Gasteiger partial charge in [0.15, 0.2) is 0 Å². The summed E-state index contributed by atoms with van der Waals surface area (Å²) in [6.07, 6.45) is 3.40. The summed E-state index contributed by atoms with van der Waals surface area (Å²) in [5.41, 5.74) is 6.21. The average molecular weight is 404 g/mol. The van der Waals surface area contributed by atoms with Crippen LogP contribution in [0.25, 0.3) is 0 Å². The van der Waals surface area contributed by atoms with E-state index in [-0.39, 0.29) is 36.4 Å². The molecule has 6 heteroatoms. The number of hydrogen-bond acceptors (Lipinski definition) is 3. The third-order valence-corrected chi connectivity index (χ3v) is 5.47. The van der Waals surface area contributed by atoms with Crippen molar-refractivity contribution in [1.82, 2.24) is 5.32 Å². The van der Waals surface area contributed by atoms with Gasteiger partial charge in [0.2, 0.25) is 5.91 Å². The summed E-state index contributed by atoms with van der Waals surface area (Å²) in [7, 11) is 0. The lowest BCUT2D eigenvalue weighted by atomic mass is 9.84. The molecule has 3 N–H and O–H groups in total. The van der Waals surface area contributed by atoms with E-state index < -0.39 is 0 Å². The quantitative estimate of drug-likeness (QED) is 0.794. The van der Waals surface area contributed by atoms with Gasteiger partial charge < -0.3 is 15.8 Å². The van der Waals surface area contributed by atoms with E-state index in [1.807, 2.05) is 31.2 Å². The van der Waals surface area contributed by atoms with E-state index in [1.165, 1.54) is 6.42 Å². The molecule has 2 bridgehead atoms. The maximum Gasteiger partial charge on any atom is 0.225 e. The number of halogens is 2. The van der Waals surface area contributed by atoms with Gasteiger partial charge in [-0.15, -0.1) is 12.4 Å². The molecule has 2 saturated carbocycles. The first-order valence-corrected chi connectivity index (χ1v) is 8.79. The zero-order chi connectivity index (χ0) is 15.7. The van der Waals surface area contributed by atoms with Gasteiger partial charge >= 0.3 is 0 Å². The summed E-state index contributed by atoms with van der Waals surface area (Å²) < 4.78 is 6.80. The van der Waals surface area contributed by atoms with Crippen LogP contribution < -0.4 is 15.8 Å². The Morgan fingerprint density at radius 3 is 2.83 bits per heavy atom. The Labute approximate surface area is 152 Å². The summed E-state index contributed by atoms with van der Waals surface area (Å²) in [6.45, 7) is 2.47. The smallest absolute Gasteiger partial charge is 0.225 e. The highest BCUT2D eigenvalue weighted by Crippen LogP contribution is 2.47. The Balaban J connectivity index is 0.00000192. The molecule has 1 aromatic rings. The minimum absolute atomic E-state index is 0. The molecule has 4 nitrogen and oxygen atoms in total. The van der Waals surface area contributed by atoms with Gasteiger partial charge in [0.1, 0.15) is 11.9 Å². The second-order valence-electron chi connectivity index (χ2n) is 6.57. The van der Waals surface area contributed by atoms with E-state index >= 15 is 0 Å². The highest BCUT2D eigenvalue weighted by atomic mass is 79.9. The van der Waals surface area contributed by atoms with E-state index in [0.717, 1.165) is 23.1 Å². The number of rotatable bonds is 5. The normalized spacial score (nSPS) is 29.7. The predicted molar refractivity (Wildman–Crippen MR) is 96.8 cm³/mol. The number of ether oxygens (including phenoxy) is 1. The topological polar surface area (TPSA) is 64.4 Å². The monoisotopic (exact) mass is 402 g/mol. The summed E-state index contributed by atoms with van der Waals surface area (Å²) in [6, 6.07) is 7.76. The van der Waals surface area contributed by atoms with Gasteiger partial charge in [-0.3, -0.25) is 4.79 Å². The Morgan fingerprint density at radius 1 is 1.43 bits per heavy atom. The maximum atomic E-state index is 12.4. The fraction of sp³-hybridized carbons (Fsp3) is 0.588. The molecule has 0 aliphatic heterocycles. The first-order valence-electron chi connectivity index (χ1n) is 8.00. The summed E-state index contributed by atoms with van der Waals surface area (Å²) in [4.78, 5) is 12.4. The number of nitrogens with two attached hydrogens (primary N) is 1. The zero-order valence-electron chi connectivity index (χ0n) is 13.2. The van der Waals surface area contributed by atoms with Crippen LogP contribution in [0.2, 0.25) is 0 Å². The summed E-state index contributed by atoms with van der Waals surface area (Å²) in [5.74, 6) is 1.94. The zero-order valence-corrected chi connectivity index (χ0v) is 15.6. The van der Waals surface area contributed by atoms with Crippen molar-refractivity contribution in [3.63, 3.8) is 0 Å². The Morgan fingerprint density at radius 2 is 2.17 bits per heavy atom. The van der Waals surface area contributed by atoms with Gasteiger partial charge in [-0.05, 0) is 56.2 Å². The molecule has 1 amide bonds. The Hall–Kier alpha value is -0.780. The second-order valence-corrected chi connectivity index (χ2v) is 7.48. The second kappa shape index (κ2) is 7.86. The first kappa shape index (κ1) is 18.6. The number of fused-ring (bicyclic) bond motifs is 2. The molecular weight excluding hydrogens is 380 g/mol. The van der Waals surface area contributed by atoms with Gasteiger partial charge in [-0.2, -0.15) is 0 Å². The molecule has 0 spiro atoms. The third-order valence-electron chi connectivity index (χ3n) is 4.98. The van der Waals surface area contributed by atoms with Crippen LogP contribution in [0.3, 0.4) is 0 Å². The lowest BCUT2D eigenvalue weighted by Crippen LogP contribution is -2.47. The van der Waals surface area contributed by atoms with E-state index in [4.69, 9.17) is 10.5 Å². The van der Waals surface area contributed by atoms with Crippen molar-refractivity contribution in [2.75, 3.05) is 6.54 Å².